The first-order valence-electron chi connectivity index (χ1n) is 9.27. The highest BCUT2D eigenvalue weighted by Crippen LogP contribution is 2.30. The number of ether oxygens (including phenoxy) is 2. The molecule has 1 unspecified atom stereocenters. The fraction of sp³-hybridized carbons (Fsp3) is 0.474. The number of fused-ring (bicyclic) bond motifs is 1. The van der Waals surface area contributed by atoms with Crippen LogP contribution in [0.1, 0.15) is 5.69 Å². The molecule has 1 atom stereocenters. The van der Waals surface area contributed by atoms with Crippen molar-refractivity contribution in [2.24, 2.45) is 4.99 Å². The van der Waals surface area contributed by atoms with Gasteiger partial charge in [0, 0.05) is 45.8 Å². The predicted molar refractivity (Wildman–Crippen MR) is 116 cm³/mol. The molecule has 152 valence electrons. The molecule has 0 amide bonds. The Labute approximate surface area is 181 Å². The molecule has 1 aromatic carbocycles. The van der Waals surface area contributed by atoms with Crippen LogP contribution in [0.2, 0.25) is 0 Å². The zero-order valence-corrected chi connectivity index (χ0v) is 18.2. The summed E-state index contributed by atoms with van der Waals surface area (Å²) in [6.07, 6.45) is 1.58. The summed E-state index contributed by atoms with van der Waals surface area (Å²) in [7, 11) is 1.82. The molecule has 0 radical (unpaired) electrons. The quantitative estimate of drug-likeness (QED) is 0.391. The minimum atomic E-state index is -0.0369. The van der Waals surface area contributed by atoms with Crippen molar-refractivity contribution < 1.29 is 14.0 Å². The molecular weight excluding hydrogens is 473 g/mol. The van der Waals surface area contributed by atoms with E-state index in [4.69, 9.17) is 14.0 Å². The van der Waals surface area contributed by atoms with Gasteiger partial charge in [0.05, 0.1) is 12.2 Å². The number of hydrogen-bond donors (Lipinski definition) is 1. The van der Waals surface area contributed by atoms with Crippen molar-refractivity contribution in [3.63, 3.8) is 0 Å². The minimum absolute atomic E-state index is 0. The highest BCUT2D eigenvalue weighted by molar-refractivity contribution is 14.0. The fourth-order valence-corrected chi connectivity index (χ4v) is 3.37. The predicted octanol–water partition coefficient (Wildman–Crippen LogP) is 1.83. The number of rotatable bonds is 4. The zero-order chi connectivity index (χ0) is 18.5. The number of halogens is 1. The van der Waals surface area contributed by atoms with Gasteiger partial charge in [-0.3, -0.25) is 9.89 Å². The molecule has 1 saturated heterocycles. The molecule has 0 aliphatic carbocycles. The van der Waals surface area contributed by atoms with E-state index in [9.17, 15) is 0 Å². The SMILES string of the molecule is CN=C(NCC1COc2ccccc2O1)N1CCN(Cc2ccon2)CC1.I. The van der Waals surface area contributed by atoms with Crippen molar-refractivity contribution in [3.05, 3.63) is 42.3 Å². The highest BCUT2D eigenvalue weighted by Gasteiger charge is 2.23. The van der Waals surface area contributed by atoms with Crippen LogP contribution in [0.4, 0.5) is 0 Å². The number of aromatic nitrogens is 1. The topological polar surface area (TPSA) is 75.4 Å². The van der Waals surface area contributed by atoms with Crippen LogP contribution in [0.5, 0.6) is 11.5 Å². The lowest BCUT2D eigenvalue weighted by Gasteiger charge is -2.36. The van der Waals surface area contributed by atoms with Gasteiger partial charge in [-0.25, -0.2) is 0 Å². The Hall–Kier alpha value is -2.01. The van der Waals surface area contributed by atoms with Gasteiger partial charge < -0.3 is 24.2 Å². The van der Waals surface area contributed by atoms with Crippen LogP contribution in [0.15, 0.2) is 46.1 Å². The van der Waals surface area contributed by atoms with E-state index in [1.54, 1.807) is 6.26 Å². The number of para-hydroxylation sites is 2. The average molecular weight is 499 g/mol. The summed E-state index contributed by atoms with van der Waals surface area (Å²) in [5, 5.41) is 7.41. The molecule has 0 spiro atoms. The lowest BCUT2D eigenvalue weighted by molar-refractivity contribution is 0.0924. The van der Waals surface area contributed by atoms with E-state index in [0.717, 1.165) is 55.9 Å². The molecule has 8 nitrogen and oxygen atoms in total. The number of piperazine rings is 1. The summed E-state index contributed by atoms with van der Waals surface area (Å²) in [5.74, 6) is 2.51. The molecule has 1 aromatic heterocycles. The number of aliphatic imine (C=N–C) groups is 1. The van der Waals surface area contributed by atoms with E-state index >= 15 is 0 Å². The number of nitrogens with zero attached hydrogens (tertiary/aromatic N) is 4. The summed E-state index contributed by atoms with van der Waals surface area (Å²) < 4.78 is 16.7. The molecule has 1 N–H and O–H groups in total. The molecule has 28 heavy (non-hydrogen) atoms. The Bertz CT molecular complexity index is 763. The van der Waals surface area contributed by atoms with E-state index in [-0.39, 0.29) is 30.1 Å². The van der Waals surface area contributed by atoms with E-state index < -0.39 is 0 Å². The maximum absolute atomic E-state index is 6.00. The molecule has 2 aromatic rings. The molecule has 3 heterocycles. The van der Waals surface area contributed by atoms with Gasteiger partial charge in [0.15, 0.2) is 17.5 Å². The van der Waals surface area contributed by atoms with Gasteiger partial charge in [-0.2, -0.15) is 0 Å². The van der Waals surface area contributed by atoms with Gasteiger partial charge in [-0.15, -0.1) is 24.0 Å². The molecule has 1 fully saturated rings. The zero-order valence-electron chi connectivity index (χ0n) is 15.9. The third-order valence-corrected chi connectivity index (χ3v) is 4.82. The van der Waals surface area contributed by atoms with Crippen molar-refractivity contribution in [1.82, 2.24) is 20.3 Å². The van der Waals surface area contributed by atoms with Crippen LogP contribution in [0.25, 0.3) is 0 Å². The second-order valence-corrected chi connectivity index (χ2v) is 6.68. The number of nitrogens with one attached hydrogen (secondary N) is 1. The van der Waals surface area contributed by atoms with Crippen LogP contribution in [0.3, 0.4) is 0 Å². The van der Waals surface area contributed by atoms with Crippen LogP contribution in [0, 0.1) is 0 Å². The first-order chi connectivity index (χ1) is 13.3. The van der Waals surface area contributed by atoms with E-state index in [1.165, 1.54) is 0 Å². The lowest BCUT2D eigenvalue weighted by atomic mass is 10.2. The molecule has 2 aliphatic heterocycles. The molecule has 0 saturated carbocycles. The van der Waals surface area contributed by atoms with Crippen LogP contribution >= 0.6 is 24.0 Å². The monoisotopic (exact) mass is 499 g/mol. The van der Waals surface area contributed by atoms with Gasteiger partial charge in [-0.1, -0.05) is 17.3 Å². The smallest absolute Gasteiger partial charge is 0.193 e. The van der Waals surface area contributed by atoms with Crippen molar-refractivity contribution in [2.75, 3.05) is 46.4 Å². The van der Waals surface area contributed by atoms with Gasteiger partial charge in [0.2, 0.25) is 0 Å². The van der Waals surface area contributed by atoms with Crippen LogP contribution in [-0.4, -0.2) is 73.4 Å². The molecule has 9 heteroatoms. The van der Waals surface area contributed by atoms with Crippen molar-refractivity contribution in [1.29, 1.82) is 0 Å². The van der Waals surface area contributed by atoms with Crippen LogP contribution in [-0.2, 0) is 6.54 Å². The maximum atomic E-state index is 6.00. The number of hydrogen-bond acceptors (Lipinski definition) is 6. The van der Waals surface area contributed by atoms with Crippen molar-refractivity contribution in [3.8, 4) is 11.5 Å². The second-order valence-electron chi connectivity index (χ2n) is 6.68. The van der Waals surface area contributed by atoms with Gasteiger partial charge in [0.1, 0.15) is 19.0 Å². The summed E-state index contributed by atoms with van der Waals surface area (Å²) in [5.41, 5.74) is 0.973. The van der Waals surface area contributed by atoms with E-state index in [1.807, 2.05) is 37.4 Å². The Morgan fingerprint density at radius 3 is 2.68 bits per heavy atom. The summed E-state index contributed by atoms with van der Waals surface area (Å²) in [6, 6.07) is 9.68. The van der Waals surface area contributed by atoms with Crippen LogP contribution < -0.4 is 14.8 Å². The first-order valence-corrected chi connectivity index (χ1v) is 9.27. The molecule has 2 aliphatic rings. The maximum Gasteiger partial charge on any atom is 0.193 e. The summed E-state index contributed by atoms with van der Waals surface area (Å²) >= 11 is 0. The van der Waals surface area contributed by atoms with Gasteiger partial charge in [0.25, 0.3) is 0 Å². The van der Waals surface area contributed by atoms with Crippen molar-refractivity contribution >= 4 is 29.9 Å². The third kappa shape index (κ3) is 5.07. The molecule has 4 rings (SSSR count). The van der Waals surface area contributed by atoms with E-state index in [0.29, 0.717) is 13.2 Å². The average Bonchev–Trinajstić information content (AvgIpc) is 3.22. The van der Waals surface area contributed by atoms with E-state index in [2.05, 4.69) is 25.3 Å². The second kappa shape index (κ2) is 9.97. The Morgan fingerprint density at radius 2 is 1.96 bits per heavy atom. The Kier molecular flexibility index (Phi) is 7.37. The molecule has 0 bridgehead atoms. The Balaban J connectivity index is 0.00000225. The van der Waals surface area contributed by atoms with Gasteiger partial charge in [-0.05, 0) is 12.1 Å². The molecular formula is C19H26IN5O3. The van der Waals surface area contributed by atoms with Crippen molar-refractivity contribution in [2.45, 2.75) is 12.6 Å². The minimum Gasteiger partial charge on any atom is -0.486 e. The normalized spacial score (nSPS) is 19.8. The largest absolute Gasteiger partial charge is 0.486 e. The number of guanidine groups is 1. The third-order valence-electron chi connectivity index (χ3n) is 4.82. The summed E-state index contributed by atoms with van der Waals surface area (Å²) in [6.45, 7) is 5.77. The van der Waals surface area contributed by atoms with Gasteiger partial charge >= 0.3 is 0 Å². The summed E-state index contributed by atoms with van der Waals surface area (Å²) in [4.78, 5) is 9.08. The number of benzene rings is 1. The highest BCUT2D eigenvalue weighted by atomic mass is 127. The lowest BCUT2D eigenvalue weighted by Crippen LogP contribution is -2.53. The standard InChI is InChI=1S/C19H25N5O3.HI/c1-20-19(21-12-16-14-25-17-4-2-3-5-18(17)27-16)24-9-7-23(8-10-24)13-15-6-11-26-22-15;/h2-6,11,16H,7-10,12-14H2,1H3,(H,20,21);1H. The first kappa shape index (κ1) is 20.7. The Morgan fingerprint density at radius 1 is 1.18 bits per heavy atom. The fourth-order valence-electron chi connectivity index (χ4n) is 3.37.